The smallest absolute Gasteiger partial charge is 0.420 e. The standard InChI is InChI=1S/C19H20F3NO2/c1-23-9-8-15-14(11-23)10-16(19(20,21)22)18(17(15)24-2)25-12-13-6-4-3-5-7-13/h3-7,10H,8-9,11-12H2,1-2H3. The van der Waals surface area contributed by atoms with Gasteiger partial charge in [0.1, 0.15) is 12.2 Å². The van der Waals surface area contributed by atoms with Gasteiger partial charge in [0, 0.05) is 18.7 Å². The van der Waals surface area contributed by atoms with E-state index >= 15 is 0 Å². The summed E-state index contributed by atoms with van der Waals surface area (Å²) in [5.74, 6) is -0.0176. The molecule has 0 spiro atoms. The molecule has 1 heterocycles. The van der Waals surface area contributed by atoms with Gasteiger partial charge in [-0.25, -0.2) is 0 Å². The summed E-state index contributed by atoms with van der Waals surface area (Å²) in [6.45, 7) is 1.29. The number of alkyl halides is 3. The Labute approximate surface area is 145 Å². The molecule has 6 heteroatoms. The van der Waals surface area contributed by atoms with E-state index in [0.717, 1.165) is 17.7 Å². The zero-order valence-electron chi connectivity index (χ0n) is 14.2. The number of rotatable bonds is 4. The number of methoxy groups -OCH3 is 1. The summed E-state index contributed by atoms with van der Waals surface area (Å²) < 4.78 is 51.8. The highest BCUT2D eigenvalue weighted by Gasteiger charge is 2.38. The molecule has 0 unspecified atom stereocenters. The lowest BCUT2D eigenvalue weighted by Crippen LogP contribution is -2.28. The van der Waals surface area contributed by atoms with Crippen molar-refractivity contribution in [2.75, 3.05) is 20.7 Å². The minimum absolute atomic E-state index is 0.0545. The van der Waals surface area contributed by atoms with Gasteiger partial charge in [-0.1, -0.05) is 30.3 Å². The van der Waals surface area contributed by atoms with Gasteiger partial charge in [0.25, 0.3) is 0 Å². The molecule has 1 aliphatic rings. The van der Waals surface area contributed by atoms with Gasteiger partial charge in [-0.15, -0.1) is 0 Å². The van der Waals surface area contributed by atoms with Crippen LogP contribution >= 0.6 is 0 Å². The highest BCUT2D eigenvalue weighted by Crippen LogP contribution is 2.46. The Morgan fingerprint density at radius 2 is 1.84 bits per heavy atom. The lowest BCUT2D eigenvalue weighted by molar-refractivity contribution is -0.139. The molecule has 3 nitrogen and oxygen atoms in total. The lowest BCUT2D eigenvalue weighted by Gasteiger charge is -2.29. The Balaban J connectivity index is 2.04. The van der Waals surface area contributed by atoms with Gasteiger partial charge < -0.3 is 14.4 Å². The number of benzene rings is 2. The Hall–Kier alpha value is -2.21. The van der Waals surface area contributed by atoms with Crippen molar-refractivity contribution in [3.63, 3.8) is 0 Å². The Bertz CT molecular complexity index is 745. The maximum Gasteiger partial charge on any atom is 0.420 e. The Morgan fingerprint density at radius 1 is 1.12 bits per heavy atom. The van der Waals surface area contributed by atoms with Crippen LogP contribution in [0.25, 0.3) is 0 Å². The van der Waals surface area contributed by atoms with Crippen molar-refractivity contribution in [1.82, 2.24) is 4.90 Å². The second-order valence-electron chi connectivity index (χ2n) is 6.18. The molecule has 0 bridgehead atoms. The molecular formula is C19H20F3NO2. The fourth-order valence-corrected chi connectivity index (χ4v) is 3.12. The van der Waals surface area contributed by atoms with Gasteiger partial charge in [0.15, 0.2) is 11.5 Å². The predicted octanol–water partition coefficient (Wildman–Crippen LogP) is 4.28. The highest BCUT2D eigenvalue weighted by molar-refractivity contribution is 5.57. The molecule has 25 heavy (non-hydrogen) atoms. The number of hydrogen-bond donors (Lipinski definition) is 0. The zero-order valence-corrected chi connectivity index (χ0v) is 14.2. The van der Waals surface area contributed by atoms with Crippen molar-refractivity contribution in [1.29, 1.82) is 0 Å². The van der Waals surface area contributed by atoms with Gasteiger partial charge in [-0.2, -0.15) is 13.2 Å². The van der Waals surface area contributed by atoms with E-state index in [4.69, 9.17) is 9.47 Å². The molecule has 0 radical (unpaired) electrons. The summed E-state index contributed by atoms with van der Waals surface area (Å²) in [5, 5.41) is 0. The largest absolute Gasteiger partial charge is 0.493 e. The lowest BCUT2D eigenvalue weighted by atomic mass is 9.95. The average Bonchev–Trinajstić information content (AvgIpc) is 2.58. The second kappa shape index (κ2) is 6.96. The van der Waals surface area contributed by atoms with E-state index in [2.05, 4.69) is 0 Å². The van der Waals surface area contributed by atoms with Crippen LogP contribution in [0.5, 0.6) is 11.5 Å². The van der Waals surface area contributed by atoms with E-state index in [9.17, 15) is 13.2 Å². The molecule has 2 aromatic rings. The molecule has 2 aromatic carbocycles. The van der Waals surface area contributed by atoms with Crippen molar-refractivity contribution >= 4 is 0 Å². The number of halogens is 3. The number of hydrogen-bond acceptors (Lipinski definition) is 3. The van der Waals surface area contributed by atoms with Crippen molar-refractivity contribution in [2.45, 2.75) is 25.7 Å². The Kier molecular flexibility index (Phi) is 4.90. The SMILES string of the molecule is COc1c2c(cc(C(F)(F)F)c1OCc1ccccc1)CN(C)CC2. The quantitative estimate of drug-likeness (QED) is 0.821. The van der Waals surface area contributed by atoms with Gasteiger partial charge >= 0.3 is 6.18 Å². The number of nitrogens with zero attached hydrogens (tertiary/aromatic N) is 1. The summed E-state index contributed by atoms with van der Waals surface area (Å²) in [7, 11) is 3.28. The van der Waals surface area contributed by atoms with E-state index in [1.807, 2.05) is 42.3 Å². The minimum Gasteiger partial charge on any atom is -0.493 e. The van der Waals surface area contributed by atoms with Crippen LogP contribution in [0.2, 0.25) is 0 Å². The number of ether oxygens (including phenoxy) is 2. The molecule has 0 saturated heterocycles. The van der Waals surface area contributed by atoms with Crippen molar-refractivity contribution in [2.24, 2.45) is 0 Å². The van der Waals surface area contributed by atoms with Gasteiger partial charge in [0.05, 0.1) is 7.11 Å². The fourth-order valence-electron chi connectivity index (χ4n) is 3.12. The molecular weight excluding hydrogens is 331 g/mol. The summed E-state index contributed by atoms with van der Waals surface area (Å²) in [6, 6.07) is 10.3. The van der Waals surface area contributed by atoms with Crippen LogP contribution in [-0.2, 0) is 25.7 Å². The average molecular weight is 351 g/mol. The zero-order chi connectivity index (χ0) is 18.0. The van der Waals surface area contributed by atoms with E-state index in [1.165, 1.54) is 13.2 Å². The number of likely N-dealkylation sites (N-methyl/N-ethyl adjacent to an activating group) is 1. The molecule has 0 N–H and O–H groups in total. The third kappa shape index (κ3) is 3.74. The monoisotopic (exact) mass is 351 g/mol. The molecule has 134 valence electrons. The van der Waals surface area contributed by atoms with Crippen LogP contribution in [0.15, 0.2) is 36.4 Å². The molecule has 0 aliphatic carbocycles. The van der Waals surface area contributed by atoms with E-state index in [1.54, 1.807) is 0 Å². The van der Waals surface area contributed by atoms with Gasteiger partial charge in [0.2, 0.25) is 0 Å². The molecule has 3 rings (SSSR count). The van der Waals surface area contributed by atoms with Crippen molar-refractivity contribution < 1.29 is 22.6 Å². The maximum atomic E-state index is 13.6. The second-order valence-corrected chi connectivity index (χ2v) is 6.18. The molecule has 0 atom stereocenters. The van der Waals surface area contributed by atoms with Crippen LogP contribution in [0.4, 0.5) is 13.2 Å². The predicted molar refractivity (Wildman–Crippen MR) is 88.8 cm³/mol. The van der Waals surface area contributed by atoms with E-state index in [0.29, 0.717) is 18.5 Å². The molecule has 0 fully saturated rings. The minimum atomic E-state index is -4.51. The normalized spacial score (nSPS) is 14.9. The van der Waals surface area contributed by atoms with Crippen molar-refractivity contribution in [3.05, 3.63) is 58.7 Å². The first-order chi connectivity index (χ1) is 11.9. The molecule has 0 aromatic heterocycles. The molecule has 0 saturated carbocycles. The summed E-state index contributed by atoms with van der Waals surface area (Å²) in [5.41, 5.74) is 1.46. The Morgan fingerprint density at radius 3 is 2.48 bits per heavy atom. The fraction of sp³-hybridized carbons (Fsp3) is 0.368. The van der Waals surface area contributed by atoms with Crippen LogP contribution in [0, 0.1) is 0 Å². The summed E-state index contributed by atoms with van der Waals surface area (Å²) in [6.07, 6.45) is -3.88. The maximum absolute atomic E-state index is 13.6. The third-order valence-electron chi connectivity index (χ3n) is 4.35. The van der Waals surface area contributed by atoms with Crippen LogP contribution in [0.3, 0.4) is 0 Å². The van der Waals surface area contributed by atoms with Crippen LogP contribution in [-0.4, -0.2) is 25.6 Å². The summed E-state index contributed by atoms with van der Waals surface area (Å²) in [4.78, 5) is 1.99. The van der Waals surface area contributed by atoms with Crippen molar-refractivity contribution in [3.8, 4) is 11.5 Å². The highest BCUT2D eigenvalue weighted by atomic mass is 19.4. The summed E-state index contributed by atoms with van der Waals surface area (Å²) >= 11 is 0. The first-order valence-corrected chi connectivity index (χ1v) is 8.05. The molecule has 0 amide bonds. The van der Waals surface area contributed by atoms with Gasteiger partial charge in [-0.3, -0.25) is 0 Å². The van der Waals surface area contributed by atoms with E-state index in [-0.39, 0.29) is 18.1 Å². The van der Waals surface area contributed by atoms with Crippen LogP contribution < -0.4 is 9.47 Å². The topological polar surface area (TPSA) is 21.7 Å². The van der Waals surface area contributed by atoms with E-state index < -0.39 is 11.7 Å². The number of fused-ring (bicyclic) bond motifs is 1. The third-order valence-corrected chi connectivity index (χ3v) is 4.35. The first-order valence-electron chi connectivity index (χ1n) is 8.05. The molecule has 1 aliphatic heterocycles. The van der Waals surface area contributed by atoms with Gasteiger partial charge in [-0.05, 0) is 30.7 Å². The van der Waals surface area contributed by atoms with Crippen LogP contribution in [0.1, 0.15) is 22.3 Å². The first kappa shape index (κ1) is 17.6.